The highest BCUT2D eigenvalue weighted by Crippen LogP contribution is 2.51. The lowest BCUT2D eigenvalue weighted by atomic mass is 9.82. The van der Waals surface area contributed by atoms with Crippen LogP contribution in [0.5, 0.6) is 0 Å². The summed E-state index contributed by atoms with van der Waals surface area (Å²) in [5.41, 5.74) is 16.0. The normalized spacial score (nSPS) is 14.5. The molecule has 2 nitrogen and oxygen atoms in total. The monoisotopic (exact) mass is 786 g/mol. The van der Waals surface area contributed by atoms with Crippen molar-refractivity contribution in [1.29, 1.82) is 0 Å². The Bertz CT molecular complexity index is 3040. The minimum atomic E-state index is -0.114. The number of rotatable bonds is 8. The van der Waals surface area contributed by atoms with E-state index in [0.717, 1.165) is 34.1 Å². The number of hydrogen-bond acceptors (Lipinski definition) is 2. The van der Waals surface area contributed by atoms with E-state index in [-0.39, 0.29) is 5.41 Å². The molecule has 61 heavy (non-hydrogen) atoms. The molecule has 1 saturated carbocycles. The van der Waals surface area contributed by atoms with Crippen molar-refractivity contribution in [2.24, 2.45) is 0 Å². The van der Waals surface area contributed by atoms with Crippen LogP contribution in [0.4, 0.5) is 34.1 Å². The number of hydrogen-bond donors (Lipinski definition) is 0. The molecule has 296 valence electrons. The summed E-state index contributed by atoms with van der Waals surface area (Å²) in [6.45, 7) is 4.75. The molecule has 1 fully saturated rings. The SMILES string of the molecule is CC1(C)c2ccccc2-c2ccc(N(c3ccc(C4CCCCC4)cc3)c3cccc(N(c4ccc5ccccc5c4)c4cc5ccccc5cc4-c4ccccc4)c3)cc21. The molecule has 0 aliphatic heterocycles. The molecule has 11 rings (SSSR count). The number of fused-ring (bicyclic) bond motifs is 5. The highest BCUT2D eigenvalue weighted by molar-refractivity contribution is 6.00. The molecule has 0 radical (unpaired) electrons. The summed E-state index contributed by atoms with van der Waals surface area (Å²) >= 11 is 0. The van der Waals surface area contributed by atoms with Gasteiger partial charge in [0.25, 0.3) is 0 Å². The summed E-state index contributed by atoms with van der Waals surface area (Å²) in [5.74, 6) is 0.648. The Hall–Kier alpha value is -6.90. The summed E-state index contributed by atoms with van der Waals surface area (Å²) in [7, 11) is 0. The van der Waals surface area contributed by atoms with Gasteiger partial charge in [0, 0.05) is 39.4 Å². The largest absolute Gasteiger partial charge is 0.310 e. The second-order valence-electron chi connectivity index (χ2n) is 17.6. The average Bonchev–Trinajstić information content (AvgIpc) is 3.55. The molecule has 0 atom stereocenters. The molecule has 0 aromatic heterocycles. The van der Waals surface area contributed by atoms with E-state index in [2.05, 4.69) is 224 Å². The minimum absolute atomic E-state index is 0.114. The fourth-order valence-corrected chi connectivity index (χ4v) is 10.4. The van der Waals surface area contributed by atoms with Crippen molar-refractivity contribution in [1.82, 2.24) is 0 Å². The van der Waals surface area contributed by atoms with E-state index < -0.39 is 0 Å². The lowest BCUT2D eigenvalue weighted by molar-refractivity contribution is 0.443. The van der Waals surface area contributed by atoms with E-state index in [4.69, 9.17) is 0 Å². The Morgan fingerprint density at radius 1 is 0.377 bits per heavy atom. The van der Waals surface area contributed by atoms with Crippen LogP contribution in [0, 0.1) is 0 Å². The van der Waals surface area contributed by atoms with Crippen LogP contribution in [-0.2, 0) is 5.41 Å². The van der Waals surface area contributed by atoms with E-state index in [1.165, 1.54) is 92.6 Å². The Balaban J connectivity index is 1.11. The van der Waals surface area contributed by atoms with Gasteiger partial charge in [-0.25, -0.2) is 0 Å². The van der Waals surface area contributed by atoms with Crippen LogP contribution in [0.2, 0.25) is 0 Å². The first kappa shape index (κ1) is 37.1. The van der Waals surface area contributed by atoms with Gasteiger partial charge in [0.2, 0.25) is 0 Å². The van der Waals surface area contributed by atoms with Crippen LogP contribution in [0.1, 0.15) is 68.6 Å². The predicted molar refractivity (Wildman–Crippen MR) is 260 cm³/mol. The van der Waals surface area contributed by atoms with Gasteiger partial charge in [-0.05, 0) is 140 Å². The van der Waals surface area contributed by atoms with Crippen LogP contribution in [-0.4, -0.2) is 0 Å². The third-order valence-electron chi connectivity index (χ3n) is 13.6. The van der Waals surface area contributed by atoms with Gasteiger partial charge in [-0.3, -0.25) is 0 Å². The highest BCUT2D eigenvalue weighted by Gasteiger charge is 2.36. The van der Waals surface area contributed by atoms with Gasteiger partial charge in [-0.1, -0.05) is 167 Å². The topological polar surface area (TPSA) is 6.48 Å². The summed E-state index contributed by atoms with van der Waals surface area (Å²) in [5, 5.41) is 4.87. The third-order valence-corrected chi connectivity index (χ3v) is 13.6. The molecular formula is C59H50N2. The van der Waals surface area contributed by atoms with Crippen molar-refractivity contribution >= 4 is 55.7 Å². The van der Waals surface area contributed by atoms with Crippen molar-refractivity contribution in [3.8, 4) is 22.3 Å². The van der Waals surface area contributed by atoms with Gasteiger partial charge in [0.1, 0.15) is 0 Å². The molecule has 0 amide bonds. The first-order valence-electron chi connectivity index (χ1n) is 22.1. The smallest absolute Gasteiger partial charge is 0.0546 e. The van der Waals surface area contributed by atoms with Gasteiger partial charge in [-0.2, -0.15) is 0 Å². The van der Waals surface area contributed by atoms with E-state index in [9.17, 15) is 0 Å². The molecule has 0 heterocycles. The van der Waals surface area contributed by atoms with Gasteiger partial charge >= 0.3 is 0 Å². The lowest BCUT2D eigenvalue weighted by Gasteiger charge is -2.32. The zero-order chi connectivity index (χ0) is 40.9. The Morgan fingerprint density at radius 3 is 1.72 bits per heavy atom. The Morgan fingerprint density at radius 2 is 0.951 bits per heavy atom. The summed E-state index contributed by atoms with van der Waals surface area (Å²) in [4.78, 5) is 4.95. The Labute approximate surface area is 360 Å². The van der Waals surface area contributed by atoms with Crippen molar-refractivity contribution in [2.75, 3.05) is 9.80 Å². The molecule has 0 bridgehead atoms. The van der Waals surface area contributed by atoms with Crippen molar-refractivity contribution < 1.29 is 0 Å². The number of nitrogens with zero attached hydrogens (tertiary/aromatic N) is 2. The molecule has 0 spiro atoms. The van der Waals surface area contributed by atoms with Gasteiger partial charge in [-0.15, -0.1) is 0 Å². The lowest BCUT2D eigenvalue weighted by Crippen LogP contribution is -2.17. The molecule has 2 aliphatic rings. The average molecular weight is 787 g/mol. The zero-order valence-corrected chi connectivity index (χ0v) is 35.1. The first-order valence-corrected chi connectivity index (χ1v) is 22.1. The van der Waals surface area contributed by atoms with Crippen LogP contribution >= 0.6 is 0 Å². The van der Waals surface area contributed by atoms with Crippen LogP contribution in [0.25, 0.3) is 43.8 Å². The molecular weight excluding hydrogens is 737 g/mol. The molecule has 9 aromatic carbocycles. The second kappa shape index (κ2) is 15.3. The van der Waals surface area contributed by atoms with Crippen molar-refractivity contribution in [2.45, 2.75) is 57.3 Å². The van der Waals surface area contributed by atoms with Gasteiger partial charge in [0.05, 0.1) is 5.69 Å². The van der Waals surface area contributed by atoms with Gasteiger partial charge < -0.3 is 9.80 Å². The summed E-state index contributed by atoms with van der Waals surface area (Å²) < 4.78 is 0. The number of anilines is 6. The molecule has 0 saturated heterocycles. The van der Waals surface area contributed by atoms with Crippen molar-refractivity contribution in [3.63, 3.8) is 0 Å². The maximum absolute atomic E-state index is 2.48. The van der Waals surface area contributed by atoms with Crippen LogP contribution in [0.15, 0.2) is 200 Å². The molecule has 9 aromatic rings. The van der Waals surface area contributed by atoms with E-state index in [1.807, 2.05) is 0 Å². The van der Waals surface area contributed by atoms with Crippen LogP contribution < -0.4 is 9.80 Å². The fraction of sp³-hybridized carbons (Fsp3) is 0.153. The molecule has 2 heteroatoms. The highest BCUT2D eigenvalue weighted by atomic mass is 15.2. The van der Waals surface area contributed by atoms with E-state index in [0.29, 0.717) is 5.92 Å². The minimum Gasteiger partial charge on any atom is -0.310 e. The molecule has 0 N–H and O–H groups in total. The quantitative estimate of drug-likeness (QED) is 0.151. The first-order chi connectivity index (χ1) is 30.0. The van der Waals surface area contributed by atoms with Crippen molar-refractivity contribution in [3.05, 3.63) is 217 Å². The van der Waals surface area contributed by atoms with Gasteiger partial charge in [0.15, 0.2) is 0 Å². The standard InChI is InChI=1S/C59H50N2/c1-59(2)56-27-14-13-26-53(56)54-35-34-52(40-57(54)59)60(48-31-28-43(29-32-48)41-16-5-3-6-17-41)49-24-15-25-50(39-49)61(51-33-30-42-18-9-10-21-45(42)36-51)58-38-47-23-12-11-22-46(47)37-55(58)44-19-7-4-8-20-44/h4,7-15,18-41H,3,5-6,16-17H2,1-2H3. The summed E-state index contributed by atoms with van der Waals surface area (Å²) in [6, 6.07) is 74.7. The fourth-order valence-electron chi connectivity index (χ4n) is 10.4. The maximum Gasteiger partial charge on any atom is 0.0546 e. The zero-order valence-electron chi connectivity index (χ0n) is 35.1. The third kappa shape index (κ3) is 6.68. The molecule has 2 aliphatic carbocycles. The number of benzene rings is 9. The predicted octanol–water partition coefficient (Wildman–Crippen LogP) is 17.0. The summed E-state index contributed by atoms with van der Waals surface area (Å²) in [6.07, 6.45) is 6.59. The van der Waals surface area contributed by atoms with E-state index in [1.54, 1.807) is 0 Å². The molecule has 0 unspecified atom stereocenters. The van der Waals surface area contributed by atoms with E-state index >= 15 is 0 Å². The van der Waals surface area contributed by atoms with Crippen LogP contribution in [0.3, 0.4) is 0 Å². The second-order valence-corrected chi connectivity index (χ2v) is 17.6. The maximum atomic E-state index is 2.48. The Kier molecular flexibility index (Phi) is 9.30.